The Morgan fingerprint density at radius 2 is 2.24 bits per heavy atom. The van der Waals surface area contributed by atoms with Crippen molar-refractivity contribution in [2.45, 2.75) is 31.5 Å². The van der Waals surface area contributed by atoms with Crippen LogP contribution in [0.15, 0.2) is 47.3 Å². The van der Waals surface area contributed by atoms with Gasteiger partial charge in [-0.3, -0.25) is 10.1 Å². The lowest BCUT2D eigenvalue weighted by Gasteiger charge is -2.39. The highest BCUT2D eigenvalue weighted by Crippen LogP contribution is 2.33. The molecular weight excluding hydrogens is 402 g/mol. The Balaban J connectivity index is 1.86. The van der Waals surface area contributed by atoms with Crippen molar-refractivity contribution in [3.63, 3.8) is 0 Å². The van der Waals surface area contributed by atoms with Crippen molar-refractivity contribution in [3.05, 3.63) is 71.7 Å². The summed E-state index contributed by atoms with van der Waals surface area (Å²) in [7, 11) is 0. The van der Waals surface area contributed by atoms with Gasteiger partial charge in [0, 0.05) is 18.1 Å². The van der Waals surface area contributed by atoms with Crippen LogP contribution >= 0.6 is 12.2 Å². The maximum Gasteiger partial charge on any atom is 0.184 e. The number of hydrogen-bond acceptors (Lipinski definition) is 6. The number of benzene rings is 1. The second-order valence-corrected chi connectivity index (χ2v) is 6.87. The topological polar surface area (TPSA) is 116 Å². The third-order valence-electron chi connectivity index (χ3n) is 4.64. The number of nitrogens with zero attached hydrogens (tertiary/aromatic N) is 3. The van der Waals surface area contributed by atoms with Crippen LogP contribution in [0.25, 0.3) is 0 Å². The molecule has 154 valence electrons. The average Bonchev–Trinajstić information content (AvgIpc) is 3.38. The Morgan fingerprint density at radius 3 is 2.86 bits per heavy atom. The summed E-state index contributed by atoms with van der Waals surface area (Å²) in [6.07, 6.45) is 2.62. The molecule has 3 rings (SSSR count). The van der Waals surface area contributed by atoms with Crippen LogP contribution in [0.4, 0.5) is 8.78 Å². The number of halogens is 2. The number of furan rings is 1. The SMILES string of the molecule is C[C@@H](N(N)C(=S)NCc1ccco1)[C@@](O)(Cc1ncn[nH]1)c1ccc(F)cc1F. The van der Waals surface area contributed by atoms with E-state index in [0.29, 0.717) is 17.7 Å². The lowest BCUT2D eigenvalue weighted by Crippen LogP contribution is -2.58. The molecule has 3 aromatic rings. The molecule has 2 heterocycles. The number of rotatable bonds is 7. The van der Waals surface area contributed by atoms with Gasteiger partial charge in [0.15, 0.2) is 5.11 Å². The van der Waals surface area contributed by atoms with E-state index in [9.17, 15) is 13.9 Å². The van der Waals surface area contributed by atoms with Crippen molar-refractivity contribution < 1.29 is 18.3 Å². The molecule has 0 spiro atoms. The molecule has 0 aliphatic heterocycles. The fourth-order valence-corrected chi connectivity index (χ4v) is 3.18. The maximum atomic E-state index is 14.6. The largest absolute Gasteiger partial charge is 0.467 e. The van der Waals surface area contributed by atoms with E-state index in [4.69, 9.17) is 22.5 Å². The molecule has 1 aromatic carbocycles. The molecule has 11 heteroatoms. The Morgan fingerprint density at radius 1 is 1.45 bits per heavy atom. The number of nitrogens with one attached hydrogen (secondary N) is 2. The van der Waals surface area contributed by atoms with Gasteiger partial charge in [0.05, 0.1) is 18.8 Å². The quantitative estimate of drug-likeness (QED) is 0.259. The highest BCUT2D eigenvalue weighted by molar-refractivity contribution is 7.80. The van der Waals surface area contributed by atoms with E-state index >= 15 is 0 Å². The number of aliphatic hydroxyl groups is 1. The van der Waals surface area contributed by atoms with E-state index in [0.717, 1.165) is 11.1 Å². The number of hydrogen-bond donors (Lipinski definition) is 4. The summed E-state index contributed by atoms with van der Waals surface area (Å²) in [5.41, 5.74) is -2.05. The minimum atomic E-state index is -1.90. The monoisotopic (exact) mass is 422 g/mol. The molecule has 5 N–H and O–H groups in total. The van der Waals surface area contributed by atoms with Crippen molar-refractivity contribution in [1.82, 2.24) is 25.5 Å². The van der Waals surface area contributed by atoms with E-state index in [1.54, 1.807) is 19.1 Å². The summed E-state index contributed by atoms with van der Waals surface area (Å²) in [6.45, 7) is 1.84. The minimum Gasteiger partial charge on any atom is -0.467 e. The van der Waals surface area contributed by atoms with Crippen LogP contribution in [0.3, 0.4) is 0 Å². The molecule has 0 aliphatic carbocycles. The summed E-state index contributed by atoms with van der Waals surface area (Å²) in [5.74, 6) is 5.38. The first-order chi connectivity index (χ1) is 13.8. The molecule has 29 heavy (non-hydrogen) atoms. The number of thiocarbonyl (C=S) groups is 1. The summed E-state index contributed by atoms with van der Waals surface area (Å²) in [4.78, 5) is 3.99. The van der Waals surface area contributed by atoms with Crippen LogP contribution < -0.4 is 11.2 Å². The number of H-pyrrole nitrogens is 1. The summed E-state index contributed by atoms with van der Waals surface area (Å²) in [5, 5.41) is 22.0. The fraction of sp³-hybridized carbons (Fsp3) is 0.278. The van der Waals surface area contributed by atoms with Crippen LogP contribution in [0.5, 0.6) is 0 Å². The first-order valence-electron chi connectivity index (χ1n) is 8.67. The van der Waals surface area contributed by atoms with Crippen LogP contribution in [0, 0.1) is 11.6 Å². The highest BCUT2D eigenvalue weighted by Gasteiger charge is 2.42. The molecule has 0 radical (unpaired) electrons. The molecular formula is C18H20F2N6O2S. The van der Waals surface area contributed by atoms with Crippen molar-refractivity contribution in [2.24, 2.45) is 5.84 Å². The number of aromatic nitrogens is 3. The summed E-state index contributed by atoms with van der Waals surface area (Å²) >= 11 is 5.29. The van der Waals surface area contributed by atoms with Crippen LogP contribution in [-0.4, -0.2) is 36.5 Å². The number of aromatic amines is 1. The molecule has 2 atom stereocenters. The molecule has 0 bridgehead atoms. The zero-order chi connectivity index (χ0) is 21.0. The Bertz CT molecular complexity index is 953. The molecule has 0 unspecified atom stereocenters. The molecule has 0 saturated heterocycles. The van der Waals surface area contributed by atoms with Gasteiger partial charge in [-0.05, 0) is 37.3 Å². The van der Waals surface area contributed by atoms with Gasteiger partial charge in [0.2, 0.25) is 0 Å². The predicted octanol–water partition coefficient (Wildman–Crippen LogP) is 1.75. The standard InChI is InChI=1S/C18H20F2N6O2S/c1-11(26(21)17(29)22-9-13-3-2-6-28-13)18(27,8-16-23-10-24-25-16)14-5-4-12(19)7-15(14)20/h2-7,10-11,27H,8-9,21H2,1H3,(H,22,29)(H,23,24,25)/t11-,18+/m1/s1. The number of hydrazine groups is 1. The van der Waals surface area contributed by atoms with Gasteiger partial charge in [0.1, 0.15) is 35.1 Å². The zero-order valence-corrected chi connectivity index (χ0v) is 16.3. The van der Waals surface area contributed by atoms with Gasteiger partial charge in [-0.25, -0.2) is 19.6 Å². The first-order valence-corrected chi connectivity index (χ1v) is 9.08. The van der Waals surface area contributed by atoms with Crippen molar-refractivity contribution in [1.29, 1.82) is 0 Å². The molecule has 0 saturated carbocycles. The van der Waals surface area contributed by atoms with Gasteiger partial charge in [0.25, 0.3) is 0 Å². The molecule has 0 amide bonds. The van der Waals surface area contributed by atoms with Gasteiger partial charge < -0.3 is 14.8 Å². The third-order valence-corrected chi connectivity index (χ3v) is 4.99. The Labute approximate surface area is 170 Å². The van der Waals surface area contributed by atoms with Crippen molar-refractivity contribution in [3.8, 4) is 0 Å². The Hall–Kier alpha value is -2.89. The van der Waals surface area contributed by atoms with Crippen LogP contribution in [0.2, 0.25) is 0 Å². The second kappa shape index (κ2) is 8.64. The van der Waals surface area contributed by atoms with Gasteiger partial charge in [-0.15, -0.1) is 0 Å². The number of nitrogens with two attached hydrogens (primary N) is 1. The summed E-state index contributed by atoms with van der Waals surface area (Å²) in [6, 6.07) is 5.49. The lowest BCUT2D eigenvalue weighted by atomic mass is 9.83. The Kier molecular flexibility index (Phi) is 6.20. The van der Waals surface area contributed by atoms with E-state index in [1.807, 2.05) is 0 Å². The van der Waals surface area contributed by atoms with E-state index in [-0.39, 0.29) is 23.6 Å². The first kappa shape index (κ1) is 20.8. The average molecular weight is 422 g/mol. The van der Waals surface area contributed by atoms with Crippen LogP contribution in [0.1, 0.15) is 24.1 Å². The van der Waals surface area contributed by atoms with Crippen molar-refractivity contribution >= 4 is 17.3 Å². The molecule has 0 aliphatic rings. The molecule has 2 aromatic heterocycles. The maximum absolute atomic E-state index is 14.6. The normalized spacial score (nSPS) is 14.2. The zero-order valence-electron chi connectivity index (χ0n) is 15.5. The lowest BCUT2D eigenvalue weighted by molar-refractivity contribution is -0.0309. The van der Waals surface area contributed by atoms with Crippen LogP contribution in [-0.2, 0) is 18.6 Å². The fourth-order valence-electron chi connectivity index (χ4n) is 2.95. The van der Waals surface area contributed by atoms with E-state index in [1.165, 1.54) is 18.7 Å². The third kappa shape index (κ3) is 4.58. The van der Waals surface area contributed by atoms with E-state index in [2.05, 4.69) is 20.5 Å². The smallest absolute Gasteiger partial charge is 0.184 e. The highest BCUT2D eigenvalue weighted by atomic mass is 32.1. The van der Waals surface area contributed by atoms with Gasteiger partial charge >= 0.3 is 0 Å². The second-order valence-electron chi connectivity index (χ2n) is 6.48. The van der Waals surface area contributed by atoms with Gasteiger partial charge in [-0.1, -0.05) is 6.07 Å². The van der Waals surface area contributed by atoms with E-state index < -0.39 is 23.3 Å². The molecule has 8 nitrogen and oxygen atoms in total. The summed E-state index contributed by atoms with van der Waals surface area (Å²) < 4.78 is 33.2. The minimum absolute atomic E-state index is 0.104. The van der Waals surface area contributed by atoms with Gasteiger partial charge in [-0.2, -0.15) is 5.10 Å². The predicted molar refractivity (Wildman–Crippen MR) is 104 cm³/mol. The van der Waals surface area contributed by atoms with Crippen molar-refractivity contribution in [2.75, 3.05) is 0 Å². The molecule has 0 fully saturated rings.